The molecule has 0 spiro atoms. The molecule has 2 atom stereocenters. The smallest absolute Gasteiger partial charge is 0.227 e. The van der Waals surface area contributed by atoms with Crippen LogP contribution in [0.25, 0.3) is 0 Å². The Bertz CT molecular complexity index is 429. The number of hydrogen-bond acceptors (Lipinski definition) is 3. The summed E-state index contributed by atoms with van der Waals surface area (Å²) in [5.74, 6) is 0.0388. The van der Waals surface area contributed by atoms with Gasteiger partial charge >= 0.3 is 0 Å². The first-order valence-corrected chi connectivity index (χ1v) is 8.00. The first-order chi connectivity index (χ1) is 10.2. The molecule has 4 nitrogen and oxygen atoms in total. The molecule has 1 aromatic rings. The van der Waals surface area contributed by atoms with Gasteiger partial charge in [-0.3, -0.25) is 4.79 Å². The highest BCUT2D eigenvalue weighted by Gasteiger charge is 2.29. The summed E-state index contributed by atoms with van der Waals surface area (Å²) >= 11 is 0. The number of amides is 1. The molecule has 1 heterocycles. The first kappa shape index (κ1) is 16.0. The number of piperidine rings is 1. The van der Waals surface area contributed by atoms with Crippen LogP contribution in [0.15, 0.2) is 30.3 Å². The van der Waals surface area contributed by atoms with Crippen LogP contribution in [-0.2, 0) is 11.2 Å². The zero-order valence-electron chi connectivity index (χ0n) is 12.7. The molecule has 0 radical (unpaired) electrons. The Hall–Kier alpha value is -1.39. The second-order valence-corrected chi connectivity index (χ2v) is 5.92. The third-order valence-corrected chi connectivity index (χ3v) is 4.29. The number of nitrogens with two attached hydrogens (primary N) is 2. The van der Waals surface area contributed by atoms with Crippen molar-refractivity contribution in [3.8, 4) is 0 Å². The summed E-state index contributed by atoms with van der Waals surface area (Å²) in [5.41, 5.74) is 13.2. The SMILES string of the molecule is NCCC(C(=O)N1CCCCC1)C(N)Cc1ccccc1. The third-order valence-electron chi connectivity index (χ3n) is 4.29. The molecule has 1 aromatic carbocycles. The molecule has 0 aliphatic carbocycles. The van der Waals surface area contributed by atoms with Crippen molar-refractivity contribution < 1.29 is 4.79 Å². The van der Waals surface area contributed by atoms with Crippen LogP contribution in [-0.4, -0.2) is 36.5 Å². The Morgan fingerprint density at radius 2 is 1.81 bits per heavy atom. The molecule has 1 amide bonds. The summed E-state index contributed by atoms with van der Waals surface area (Å²) in [6.07, 6.45) is 4.83. The molecule has 0 saturated carbocycles. The van der Waals surface area contributed by atoms with Gasteiger partial charge in [0.2, 0.25) is 5.91 Å². The Labute approximate surface area is 127 Å². The zero-order chi connectivity index (χ0) is 15.1. The standard InChI is InChI=1S/C17H27N3O/c18-10-9-15(17(21)20-11-5-2-6-12-20)16(19)13-14-7-3-1-4-8-14/h1,3-4,7-8,15-16H,2,5-6,9-13,18-19H2. The summed E-state index contributed by atoms with van der Waals surface area (Å²) in [7, 11) is 0. The van der Waals surface area contributed by atoms with Gasteiger partial charge in [-0.05, 0) is 44.2 Å². The Morgan fingerprint density at radius 1 is 1.14 bits per heavy atom. The average Bonchev–Trinajstić information content (AvgIpc) is 2.53. The number of likely N-dealkylation sites (tertiary alicyclic amines) is 1. The average molecular weight is 289 g/mol. The van der Waals surface area contributed by atoms with Crippen molar-refractivity contribution in [1.29, 1.82) is 0 Å². The molecule has 1 fully saturated rings. The Morgan fingerprint density at radius 3 is 2.43 bits per heavy atom. The molecule has 4 N–H and O–H groups in total. The van der Waals surface area contributed by atoms with Gasteiger partial charge in [-0.25, -0.2) is 0 Å². The molecule has 4 heteroatoms. The van der Waals surface area contributed by atoms with Crippen molar-refractivity contribution in [3.63, 3.8) is 0 Å². The van der Waals surface area contributed by atoms with Gasteiger partial charge in [0.1, 0.15) is 0 Å². The van der Waals surface area contributed by atoms with Gasteiger partial charge in [-0.1, -0.05) is 30.3 Å². The first-order valence-electron chi connectivity index (χ1n) is 8.00. The highest BCUT2D eigenvalue weighted by molar-refractivity contribution is 5.79. The monoisotopic (exact) mass is 289 g/mol. The van der Waals surface area contributed by atoms with Gasteiger partial charge in [0.15, 0.2) is 0 Å². The number of rotatable bonds is 6. The lowest BCUT2D eigenvalue weighted by atomic mass is 9.89. The predicted octanol–water partition coefficient (Wildman–Crippen LogP) is 1.53. The minimum atomic E-state index is -0.162. The van der Waals surface area contributed by atoms with E-state index in [2.05, 4.69) is 12.1 Å². The van der Waals surface area contributed by atoms with Crippen LogP contribution in [0.3, 0.4) is 0 Å². The number of hydrogen-bond donors (Lipinski definition) is 2. The minimum Gasteiger partial charge on any atom is -0.342 e. The lowest BCUT2D eigenvalue weighted by molar-refractivity contribution is -0.137. The van der Waals surface area contributed by atoms with Crippen LogP contribution in [0.4, 0.5) is 0 Å². The largest absolute Gasteiger partial charge is 0.342 e. The molecule has 2 unspecified atom stereocenters. The van der Waals surface area contributed by atoms with Crippen LogP contribution in [0.1, 0.15) is 31.2 Å². The third kappa shape index (κ3) is 4.55. The van der Waals surface area contributed by atoms with Crippen molar-refractivity contribution in [2.24, 2.45) is 17.4 Å². The van der Waals surface area contributed by atoms with E-state index in [0.29, 0.717) is 13.0 Å². The van der Waals surface area contributed by atoms with Crippen LogP contribution in [0.5, 0.6) is 0 Å². The molecular weight excluding hydrogens is 262 g/mol. The van der Waals surface area contributed by atoms with Crippen LogP contribution in [0, 0.1) is 5.92 Å². The van der Waals surface area contributed by atoms with Gasteiger partial charge in [0.25, 0.3) is 0 Å². The normalized spacial score (nSPS) is 18.3. The molecule has 1 aliphatic heterocycles. The number of benzene rings is 1. The number of carbonyl (C=O) groups is 1. The topological polar surface area (TPSA) is 72.4 Å². The summed E-state index contributed by atoms with van der Waals surface area (Å²) < 4.78 is 0. The summed E-state index contributed by atoms with van der Waals surface area (Å²) in [6.45, 7) is 2.25. The van der Waals surface area contributed by atoms with E-state index in [1.807, 2.05) is 23.1 Å². The molecule has 116 valence electrons. The summed E-state index contributed by atoms with van der Waals surface area (Å²) in [6, 6.07) is 9.96. The number of nitrogens with zero attached hydrogens (tertiary/aromatic N) is 1. The Balaban J connectivity index is 2.00. The van der Waals surface area contributed by atoms with E-state index in [1.54, 1.807) is 0 Å². The fourth-order valence-electron chi connectivity index (χ4n) is 3.08. The quantitative estimate of drug-likeness (QED) is 0.834. The summed E-state index contributed by atoms with van der Waals surface area (Å²) in [5, 5.41) is 0. The van der Waals surface area contributed by atoms with Gasteiger partial charge in [-0.15, -0.1) is 0 Å². The maximum Gasteiger partial charge on any atom is 0.227 e. The lowest BCUT2D eigenvalue weighted by Gasteiger charge is -2.32. The summed E-state index contributed by atoms with van der Waals surface area (Å²) in [4.78, 5) is 14.7. The maximum atomic E-state index is 12.7. The second-order valence-electron chi connectivity index (χ2n) is 5.92. The zero-order valence-corrected chi connectivity index (χ0v) is 12.7. The number of carbonyl (C=O) groups excluding carboxylic acids is 1. The van der Waals surface area contributed by atoms with E-state index in [1.165, 1.54) is 12.0 Å². The maximum absolute atomic E-state index is 12.7. The molecule has 1 saturated heterocycles. The van der Waals surface area contributed by atoms with Gasteiger partial charge in [0, 0.05) is 19.1 Å². The van der Waals surface area contributed by atoms with E-state index < -0.39 is 0 Å². The van der Waals surface area contributed by atoms with Crippen LogP contribution < -0.4 is 11.5 Å². The lowest BCUT2D eigenvalue weighted by Crippen LogP contribution is -2.47. The molecule has 21 heavy (non-hydrogen) atoms. The van der Waals surface area contributed by atoms with Crippen molar-refractivity contribution in [2.45, 2.75) is 38.1 Å². The van der Waals surface area contributed by atoms with Gasteiger partial charge in [-0.2, -0.15) is 0 Å². The van der Waals surface area contributed by atoms with Crippen LogP contribution >= 0.6 is 0 Å². The second kappa shape index (κ2) is 8.15. The predicted molar refractivity (Wildman–Crippen MR) is 85.7 cm³/mol. The van der Waals surface area contributed by atoms with Gasteiger partial charge < -0.3 is 16.4 Å². The highest BCUT2D eigenvalue weighted by Crippen LogP contribution is 2.18. The molecule has 2 rings (SSSR count). The van der Waals surface area contributed by atoms with E-state index >= 15 is 0 Å². The van der Waals surface area contributed by atoms with Crippen molar-refractivity contribution in [3.05, 3.63) is 35.9 Å². The molecule has 0 bridgehead atoms. The Kier molecular flexibility index (Phi) is 6.21. The fraction of sp³-hybridized carbons (Fsp3) is 0.588. The van der Waals surface area contributed by atoms with E-state index in [0.717, 1.165) is 32.4 Å². The van der Waals surface area contributed by atoms with Crippen molar-refractivity contribution in [1.82, 2.24) is 4.90 Å². The highest BCUT2D eigenvalue weighted by atomic mass is 16.2. The van der Waals surface area contributed by atoms with Crippen molar-refractivity contribution in [2.75, 3.05) is 19.6 Å². The van der Waals surface area contributed by atoms with E-state index in [-0.39, 0.29) is 17.9 Å². The van der Waals surface area contributed by atoms with E-state index in [9.17, 15) is 4.79 Å². The minimum absolute atomic E-state index is 0.159. The van der Waals surface area contributed by atoms with Crippen molar-refractivity contribution >= 4 is 5.91 Å². The van der Waals surface area contributed by atoms with Gasteiger partial charge in [0.05, 0.1) is 5.92 Å². The fourth-order valence-corrected chi connectivity index (χ4v) is 3.08. The molecular formula is C17H27N3O. The molecule has 0 aromatic heterocycles. The van der Waals surface area contributed by atoms with E-state index in [4.69, 9.17) is 11.5 Å². The molecule has 1 aliphatic rings. The van der Waals surface area contributed by atoms with Crippen LogP contribution in [0.2, 0.25) is 0 Å².